The Morgan fingerprint density at radius 1 is 1.25 bits per heavy atom. The molecule has 0 atom stereocenters. The molecule has 1 aromatic carbocycles. The van der Waals surface area contributed by atoms with Gasteiger partial charge in [-0.2, -0.15) is 0 Å². The van der Waals surface area contributed by atoms with Crippen LogP contribution < -0.4 is 5.32 Å². The van der Waals surface area contributed by atoms with Crippen LogP contribution in [0.2, 0.25) is 5.02 Å². The van der Waals surface area contributed by atoms with Crippen LogP contribution in [0.15, 0.2) is 18.2 Å². The molecule has 0 spiro atoms. The molecule has 5 heteroatoms. The van der Waals surface area contributed by atoms with Crippen LogP contribution in [0.5, 0.6) is 0 Å². The van der Waals surface area contributed by atoms with E-state index in [2.05, 4.69) is 24.1 Å². The molecular weight excluding hydrogens is 274 g/mol. The van der Waals surface area contributed by atoms with Crippen molar-refractivity contribution in [3.8, 4) is 0 Å². The number of benzene rings is 1. The summed E-state index contributed by atoms with van der Waals surface area (Å²) < 4.78 is 0. The van der Waals surface area contributed by atoms with Crippen molar-refractivity contribution in [2.75, 3.05) is 31.5 Å². The molecule has 2 rings (SSSR count). The van der Waals surface area contributed by atoms with E-state index >= 15 is 0 Å². The van der Waals surface area contributed by atoms with Crippen LogP contribution in [0.1, 0.15) is 19.4 Å². The van der Waals surface area contributed by atoms with Crippen LogP contribution >= 0.6 is 11.6 Å². The summed E-state index contributed by atoms with van der Waals surface area (Å²) in [7, 11) is 0. The minimum absolute atomic E-state index is 0.0289. The second-order valence-electron chi connectivity index (χ2n) is 5.51. The molecule has 0 radical (unpaired) electrons. The first-order chi connectivity index (χ1) is 9.47. The third kappa shape index (κ3) is 3.64. The smallest absolute Gasteiger partial charge is 0.321 e. The number of rotatable bonds is 2. The van der Waals surface area contributed by atoms with Gasteiger partial charge in [0.15, 0.2) is 0 Å². The van der Waals surface area contributed by atoms with Crippen LogP contribution in [-0.2, 0) is 0 Å². The maximum absolute atomic E-state index is 12.2. The van der Waals surface area contributed by atoms with Crippen molar-refractivity contribution in [1.82, 2.24) is 9.80 Å². The second kappa shape index (κ2) is 6.46. The number of urea groups is 1. The maximum Gasteiger partial charge on any atom is 0.321 e. The van der Waals surface area contributed by atoms with E-state index in [1.165, 1.54) is 0 Å². The zero-order chi connectivity index (χ0) is 14.7. The highest BCUT2D eigenvalue weighted by Crippen LogP contribution is 2.20. The van der Waals surface area contributed by atoms with E-state index in [1.807, 2.05) is 24.0 Å². The largest absolute Gasteiger partial charge is 0.322 e. The molecule has 4 nitrogen and oxygen atoms in total. The van der Waals surface area contributed by atoms with E-state index in [4.69, 9.17) is 11.6 Å². The molecule has 0 aliphatic carbocycles. The molecule has 0 bridgehead atoms. The number of nitrogens with one attached hydrogen (secondary N) is 1. The first-order valence-electron chi connectivity index (χ1n) is 7.03. The number of carbonyl (C=O) groups is 1. The molecule has 20 heavy (non-hydrogen) atoms. The van der Waals surface area contributed by atoms with Crippen molar-refractivity contribution in [1.29, 1.82) is 0 Å². The van der Waals surface area contributed by atoms with E-state index in [9.17, 15) is 4.79 Å². The van der Waals surface area contributed by atoms with Crippen molar-refractivity contribution in [3.05, 3.63) is 28.8 Å². The lowest BCUT2D eigenvalue weighted by Gasteiger charge is -2.36. The van der Waals surface area contributed by atoms with E-state index in [0.717, 1.165) is 37.4 Å². The van der Waals surface area contributed by atoms with E-state index in [-0.39, 0.29) is 6.03 Å². The topological polar surface area (TPSA) is 35.6 Å². The number of hydrogen-bond acceptors (Lipinski definition) is 2. The molecule has 1 aliphatic rings. The highest BCUT2D eigenvalue weighted by atomic mass is 35.5. The summed E-state index contributed by atoms with van der Waals surface area (Å²) >= 11 is 5.92. The summed E-state index contributed by atoms with van der Waals surface area (Å²) in [5, 5.41) is 3.65. The van der Waals surface area contributed by atoms with Crippen LogP contribution in [0.25, 0.3) is 0 Å². The molecule has 0 unspecified atom stereocenters. The molecule has 1 aliphatic heterocycles. The van der Waals surface area contributed by atoms with Crippen molar-refractivity contribution >= 4 is 23.3 Å². The minimum Gasteiger partial charge on any atom is -0.322 e. The van der Waals surface area contributed by atoms with Gasteiger partial charge in [-0.25, -0.2) is 4.79 Å². The van der Waals surface area contributed by atoms with Gasteiger partial charge in [0, 0.05) is 42.9 Å². The number of nitrogens with zero attached hydrogens (tertiary/aromatic N) is 2. The molecule has 1 aromatic rings. The number of halogens is 1. The van der Waals surface area contributed by atoms with Gasteiger partial charge >= 0.3 is 6.03 Å². The standard InChI is InChI=1S/C15H22ClN3O/c1-11(2)18-6-8-19(9-7-18)15(20)17-14-5-4-13(16)10-12(14)3/h4-5,10-11H,6-9H2,1-3H3,(H,17,20). The van der Waals surface area contributed by atoms with Gasteiger partial charge in [0.1, 0.15) is 0 Å². The Kier molecular flexibility index (Phi) is 4.89. The van der Waals surface area contributed by atoms with Gasteiger partial charge in [0.25, 0.3) is 0 Å². The maximum atomic E-state index is 12.2. The summed E-state index contributed by atoms with van der Waals surface area (Å²) in [6.07, 6.45) is 0. The number of anilines is 1. The Morgan fingerprint density at radius 2 is 1.90 bits per heavy atom. The fourth-order valence-electron chi connectivity index (χ4n) is 2.40. The Morgan fingerprint density at radius 3 is 2.45 bits per heavy atom. The average Bonchev–Trinajstić information content (AvgIpc) is 2.42. The van der Waals surface area contributed by atoms with Crippen molar-refractivity contribution in [3.63, 3.8) is 0 Å². The fraction of sp³-hybridized carbons (Fsp3) is 0.533. The van der Waals surface area contributed by atoms with Gasteiger partial charge in [-0.1, -0.05) is 11.6 Å². The molecule has 1 heterocycles. The zero-order valence-electron chi connectivity index (χ0n) is 12.3. The predicted molar refractivity (Wildman–Crippen MR) is 83.5 cm³/mol. The lowest BCUT2D eigenvalue weighted by Crippen LogP contribution is -2.51. The monoisotopic (exact) mass is 295 g/mol. The summed E-state index contributed by atoms with van der Waals surface area (Å²) in [6.45, 7) is 9.74. The van der Waals surface area contributed by atoms with Crippen molar-refractivity contribution < 1.29 is 4.79 Å². The highest BCUT2D eigenvalue weighted by molar-refractivity contribution is 6.30. The Hall–Kier alpha value is -1.26. The van der Waals surface area contributed by atoms with Gasteiger partial charge < -0.3 is 10.2 Å². The summed E-state index contributed by atoms with van der Waals surface area (Å²) in [5.74, 6) is 0. The SMILES string of the molecule is Cc1cc(Cl)ccc1NC(=O)N1CCN(C(C)C)CC1. The molecule has 1 saturated heterocycles. The van der Waals surface area contributed by atoms with Gasteiger partial charge in [-0.15, -0.1) is 0 Å². The van der Waals surface area contributed by atoms with Crippen LogP contribution in [0.3, 0.4) is 0 Å². The van der Waals surface area contributed by atoms with Gasteiger partial charge in [0.05, 0.1) is 0 Å². The third-order valence-corrected chi connectivity index (χ3v) is 4.00. The fourth-order valence-corrected chi connectivity index (χ4v) is 2.63. The zero-order valence-corrected chi connectivity index (χ0v) is 13.1. The first-order valence-corrected chi connectivity index (χ1v) is 7.41. The molecule has 0 aromatic heterocycles. The van der Waals surface area contributed by atoms with Crippen LogP contribution in [0, 0.1) is 6.92 Å². The average molecular weight is 296 g/mol. The number of amides is 2. The minimum atomic E-state index is -0.0289. The number of aryl methyl sites for hydroxylation is 1. The highest BCUT2D eigenvalue weighted by Gasteiger charge is 2.22. The van der Waals surface area contributed by atoms with Gasteiger partial charge in [0.2, 0.25) is 0 Å². The lowest BCUT2D eigenvalue weighted by molar-refractivity contribution is 0.125. The van der Waals surface area contributed by atoms with E-state index in [0.29, 0.717) is 11.1 Å². The number of hydrogen-bond donors (Lipinski definition) is 1. The predicted octanol–water partition coefficient (Wildman–Crippen LogP) is 3.21. The van der Waals surface area contributed by atoms with Gasteiger partial charge in [-0.05, 0) is 44.5 Å². The summed E-state index contributed by atoms with van der Waals surface area (Å²) in [6, 6.07) is 6.01. The van der Waals surface area contributed by atoms with Crippen LogP contribution in [-0.4, -0.2) is 48.1 Å². The summed E-state index contributed by atoms with van der Waals surface area (Å²) in [4.78, 5) is 16.5. The van der Waals surface area contributed by atoms with Crippen LogP contribution in [0.4, 0.5) is 10.5 Å². The third-order valence-electron chi connectivity index (χ3n) is 3.76. The lowest BCUT2D eigenvalue weighted by atomic mass is 10.2. The van der Waals surface area contributed by atoms with E-state index in [1.54, 1.807) is 6.07 Å². The molecular formula is C15H22ClN3O. The Balaban J connectivity index is 1.93. The van der Waals surface area contributed by atoms with Gasteiger partial charge in [-0.3, -0.25) is 4.90 Å². The first kappa shape index (κ1) is 15.1. The number of piperazine rings is 1. The normalized spacial score (nSPS) is 16.6. The summed E-state index contributed by atoms with van der Waals surface area (Å²) in [5.41, 5.74) is 1.80. The Bertz CT molecular complexity index is 482. The molecule has 1 fully saturated rings. The quantitative estimate of drug-likeness (QED) is 0.909. The second-order valence-corrected chi connectivity index (χ2v) is 5.94. The molecule has 2 amide bonds. The Labute approximate surface area is 125 Å². The van der Waals surface area contributed by atoms with E-state index < -0.39 is 0 Å². The molecule has 1 N–H and O–H groups in total. The van der Waals surface area contributed by atoms with Crippen molar-refractivity contribution in [2.45, 2.75) is 26.8 Å². The molecule has 110 valence electrons. The number of carbonyl (C=O) groups excluding carboxylic acids is 1. The van der Waals surface area contributed by atoms with Crippen molar-refractivity contribution in [2.24, 2.45) is 0 Å². The molecule has 0 saturated carbocycles.